The summed E-state index contributed by atoms with van der Waals surface area (Å²) in [7, 11) is -5.84. The Morgan fingerprint density at radius 3 is 1.49 bits per heavy atom. The Morgan fingerprint density at radius 1 is 0.692 bits per heavy atom. The SMILES string of the molecule is O=S(=O)(O)C(F)(F)F.[Mn].c1cc(CSc2cccc3cccnc23)nc(CSc2cccc3cccnc23)c1. The fraction of sp³-hybridized carbons (Fsp3) is 0.115. The Labute approximate surface area is 242 Å². The first-order valence-electron chi connectivity index (χ1n) is 11.0. The van der Waals surface area contributed by atoms with E-state index < -0.39 is 15.6 Å². The van der Waals surface area contributed by atoms with Gasteiger partial charge >= 0.3 is 15.6 Å². The van der Waals surface area contributed by atoms with E-state index in [2.05, 4.69) is 76.7 Å². The van der Waals surface area contributed by atoms with Crippen molar-refractivity contribution in [3.05, 3.63) is 103 Å². The quantitative estimate of drug-likeness (QED) is 0.0915. The van der Waals surface area contributed by atoms with Gasteiger partial charge in [-0.2, -0.15) is 21.6 Å². The number of hydrogen-bond donors (Lipinski definition) is 1. The number of pyridine rings is 3. The van der Waals surface area contributed by atoms with Crippen molar-refractivity contribution in [1.82, 2.24) is 15.0 Å². The number of benzene rings is 2. The number of nitrogens with zero attached hydrogens (tertiary/aromatic N) is 3. The maximum absolute atomic E-state index is 10.7. The summed E-state index contributed by atoms with van der Waals surface area (Å²) < 4.78 is 57.5. The van der Waals surface area contributed by atoms with Crippen molar-refractivity contribution in [1.29, 1.82) is 0 Å². The molecule has 3 heterocycles. The van der Waals surface area contributed by atoms with Crippen LogP contribution in [0.4, 0.5) is 13.2 Å². The molecule has 0 unspecified atom stereocenters. The Balaban J connectivity index is 0.000000410. The number of para-hydroxylation sites is 2. The van der Waals surface area contributed by atoms with E-state index in [-0.39, 0.29) is 17.1 Å². The van der Waals surface area contributed by atoms with Gasteiger partial charge in [0, 0.05) is 61.5 Å². The smallest absolute Gasteiger partial charge is 0.279 e. The molecule has 0 bridgehead atoms. The van der Waals surface area contributed by atoms with E-state index in [1.807, 2.05) is 24.5 Å². The fourth-order valence-corrected chi connectivity index (χ4v) is 5.27. The van der Waals surface area contributed by atoms with E-state index in [0.717, 1.165) is 33.9 Å². The normalized spacial score (nSPS) is 11.5. The van der Waals surface area contributed by atoms with Gasteiger partial charge in [-0.15, -0.1) is 23.5 Å². The van der Waals surface area contributed by atoms with Gasteiger partial charge in [0.2, 0.25) is 0 Å². The van der Waals surface area contributed by atoms with E-state index >= 15 is 0 Å². The molecule has 0 saturated carbocycles. The molecule has 3 aromatic heterocycles. The molecule has 1 N–H and O–H groups in total. The number of fused-ring (bicyclic) bond motifs is 2. The van der Waals surface area contributed by atoms with Crippen molar-refractivity contribution in [2.45, 2.75) is 26.8 Å². The van der Waals surface area contributed by atoms with Crippen molar-refractivity contribution >= 4 is 55.4 Å². The third kappa shape index (κ3) is 8.41. The van der Waals surface area contributed by atoms with Gasteiger partial charge in [0.1, 0.15) is 0 Å². The average molecular weight is 631 g/mol. The van der Waals surface area contributed by atoms with E-state index in [4.69, 9.17) is 18.0 Å². The third-order valence-corrected chi connectivity index (χ3v) is 7.85. The number of halogens is 3. The van der Waals surface area contributed by atoms with Gasteiger partial charge in [-0.05, 0) is 36.4 Å². The minimum atomic E-state index is -5.84. The van der Waals surface area contributed by atoms with Crippen LogP contribution in [-0.4, -0.2) is 33.4 Å². The molecule has 39 heavy (non-hydrogen) atoms. The number of thioether (sulfide) groups is 2. The van der Waals surface area contributed by atoms with Gasteiger partial charge in [-0.25, -0.2) is 0 Å². The Kier molecular flexibility index (Phi) is 10.8. The van der Waals surface area contributed by atoms with Gasteiger partial charge in [0.15, 0.2) is 0 Å². The molecular formula is C26H20F3MnN3O3S3. The molecule has 203 valence electrons. The summed E-state index contributed by atoms with van der Waals surface area (Å²) in [5.74, 6) is 1.65. The topological polar surface area (TPSA) is 93.0 Å². The van der Waals surface area contributed by atoms with Crippen LogP contribution in [-0.2, 0) is 38.7 Å². The van der Waals surface area contributed by atoms with Crippen LogP contribution < -0.4 is 0 Å². The Morgan fingerprint density at radius 2 is 1.08 bits per heavy atom. The van der Waals surface area contributed by atoms with Crippen LogP contribution in [0.15, 0.2) is 101 Å². The monoisotopic (exact) mass is 630 g/mol. The largest absolute Gasteiger partial charge is 0.522 e. The molecule has 0 amide bonds. The van der Waals surface area contributed by atoms with Crippen LogP contribution in [0.25, 0.3) is 21.8 Å². The van der Waals surface area contributed by atoms with Crippen LogP contribution in [0, 0.1) is 0 Å². The molecule has 0 aliphatic rings. The molecule has 2 aromatic carbocycles. The molecule has 0 fully saturated rings. The van der Waals surface area contributed by atoms with Crippen molar-refractivity contribution in [2.24, 2.45) is 0 Å². The Hall–Kier alpha value is -2.67. The first-order valence-corrected chi connectivity index (χ1v) is 14.4. The summed E-state index contributed by atoms with van der Waals surface area (Å²) in [6, 6.07) is 27.1. The molecule has 5 aromatic rings. The fourth-order valence-electron chi connectivity index (χ4n) is 3.38. The van der Waals surface area contributed by atoms with Gasteiger partial charge < -0.3 is 0 Å². The summed E-state index contributed by atoms with van der Waals surface area (Å²) in [5, 5.41) is 2.34. The van der Waals surface area contributed by atoms with Gasteiger partial charge in [-0.3, -0.25) is 19.5 Å². The Bertz CT molecular complexity index is 1560. The zero-order chi connectivity index (χ0) is 27.2. The van der Waals surface area contributed by atoms with Crippen molar-refractivity contribution < 1.29 is 43.2 Å². The minimum absolute atomic E-state index is 0. The molecule has 0 saturated heterocycles. The summed E-state index contributed by atoms with van der Waals surface area (Å²) >= 11 is 3.57. The molecule has 0 spiro atoms. The number of rotatable bonds is 6. The molecule has 1 radical (unpaired) electrons. The first kappa shape index (κ1) is 30.9. The summed E-state index contributed by atoms with van der Waals surface area (Å²) in [5.41, 5.74) is -1.25. The van der Waals surface area contributed by atoms with E-state index in [0.29, 0.717) is 0 Å². The zero-order valence-electron chi connectivity index (χ0n) is 19.9. The average Bonchev–Trinajstić information content (AvgIpc) is 2.90. The van der Waals surface area contributed by atoms with Gasteiger partial charge in [0.05, 0.1) is 22.4 Å². The van der Waals surface area contributed by atoms with Crippen LogP contribution in [0.1, 0.15) is 11.4 Å². The molecule has 0 aliphatic carbocycles. The van der Waals surface area contributed by atoms with Crippen molar-refractivity contribution in [3.63, 3.8) is 0 Å². The first-order chi connectivity index (χ1) is 18.1. The van der Waals surface area contributed by atoms with Crippen LogP contribution in [0.2, 0.25) is 0 Å². The summed E-state index contributed by atoms with van der Waals surface area (Å²) in [6.07, 6.45) is 3.70. The molecule has 5 rings (SSSR count). The molecule has 0 atom stereocenters. The van der Waals surface area contributed by atoms with E-state index in [9.17, 15) is 13.2 Å². The number of alkyl halides is 3. The summed E-state index contributed by atoms with van der Waals surface area (Å²) in [6.45, 7) is 0. The van der Waals surface area contributed by atoms with Crippen LogP contribution >= 0.6 is 23.5 Å². The molecule has 6 nitrogen and oxygen atoms in total. The van der Waals surface area contributed by atoms with Gasteiger partial charge in [-0.1, -0.05) is 42.5 Å². The van der Waals surface area contributed by atoms with Crippen LogP contribution in [0.5, 0.6) is 0 Å². The second kappa shape index (κ2) is 13.6. The summed E-state index contributed by atoms with van der Waals surface area (Å²) in [4.78, 5) is 16.4. The maximum atomic E-state index is 10.7. The minimum Gasteiger partial charge on any atom is -0.279 e. The van der Waals surface area contributed by atoms with Crippen molar-refractivity contribution in [2.75, 3.05) is 0 Å². The van der Waals surface area contributed by atoms with E-state index in [1.165, 1.54) is 20.6 Å². The molecule has 13 heteroatoms. The maximum Gasteiger partial charge on any atom is 0.522 e. The zero-order valence-corrected chi connectivity index (χ0v) is 23.5. The van der Waals surface area contributed by atoms with Crippen molar-refractivity contribution in [3.8, 4) is 0 Å². The predicted octanol–water partition coefficient (Wildman–Crippen LogP) is 7.15. The standard InChI is InChI=1S/C25H19N3S2.CHF3O3S.Mn/c1-6-18-8-4-14-26-24(18)22(12-1)29-16-20-10-3-11-21(28-20)17-30-23-13-2-7-19-9-5-15-27-25(19)23;2-1(3,4)8(5,6)7;/h1-15H,16-17H2;(H,5,6,7);. The molecular weight excluding hydrogens is 610 g/mol. The van der Waals surface area contributed by atoms with Crippen LogP contribution in [0.3, 0.4) is 0 Å². The molecule has 0 aliphatic heterocycles. The second-order valence-electron chi connectivity index (χ2n) is 7.78. The third-order valence-electron chi connectivity index (χ3n) is 5.10. The van der Waals surface area contributed by atoms with E-state index in [1.54, 1.807) is 23.5 Å². The number of hydrogen-bond acceptors (Lipinski definition) is 7. The van der Waals surface area contributed by atoms with Gasteiger partial charge in [0.25, 0.3) is 0 Å². The predicted molar refractivity (Wildman–Crippen MR) is 144 cm³/mol. The number of aromatic nitrogens is 3. The second-order valence-corrected chi connectivity index (χ2v) is 11.2.